The second-order valence-corrected chi connectivity index (χ2v) is 6.45. The smallest absolute Gasteiger partial charge is 0.409 e. The van der Waals surface area contributed by atoms with Crippen LogP contribution in [0.3, 0.4) is 0 Å². The number of carbonyl (C=O) groups is 1. The standard InChI is InChI=1S/C20H19F3N2O3/c1-12-8-13(6-7-20(21,22)23)2-4-16(12)19(27)25-14-3-5-17-18(9-14)28-11-15(10-26)24-17/h2-9,15,24,26H,10-11H2,1H3,(H,25,27)/b7-6+/t15-/m0/s1. The summed E-state index contributed by atoms with van der Waals surface area (Å²) in [6.45, 7) is 1.92. The fraction of sp³-hybridized carbons (Fsp3) is 0.250. The maximum absolute atomic E-state index is 12.5. The molecule has 0 aliphatic carbocycles. The van der Waals surface area contributed by atoms with Crippen molar-refractivity contribution in [2.75, 3.05) is 23.8 Å². The minimum absolute atomic E-state index is 0.0502. The van der Waals surface area contributed by atoms with Crippen LogP contribution >= 0.6 is 0 Å². The Morgan fingerprint density at radius 3 is 2.79 bits per heavy atom. The molecule has 3 N–H and O–H groups in total. The molecule has 0 spiro atoms. The van der Waals surface area contributed by atoms with E-state index < -0.39 is 6.18 Å². The molecular weight excluding hydrogens is 373 g/mol. The van der Waals surface area contributed by atoms with Crippen molar-refractivity contribution in [3.05, 3.63) is 59.2 Å². The van der Waals surface area contributed by atoms with Crippen molar-refractivity contribution < 1.29 is 27.8 Å². The van der Waals surface area contributed by atoms with Crippen LogP contribution in [0.2, 0.25) is 0 Å². The highest BCUT2D eigenvalue weighted by atomic mass is 19.4. The Labute approximate surface area is 159 Å². The van der Waals surface area contributed by atoms with Gasteiger partial charge in [-0.25, -0.2) is 0 Å². The van der Waals surface area contributed by atoms with Gasteiger partial charge in [0.25, 0.3) is 5.91 Å². The number of rotatable bonds is 4. The van der Waals surface area contributed by atoms with Crippen LogP contribution in [0, 0.1) is 6.92 Å². The van der Waals surface area contributed by atoms with Crippen LogP contribution in [-0.2, 0) is 0 Å². The van der Waals surface area contributed by atoms with Gasteiger partial charge in [0, 0.05) is 23.4 Å². The Bertz CT molecular complexity index is 910. The molecule has 1 aliphatic rings. The highest BCUT2D eigenvalue weighted by Gasteiger charge is 2.22. The number of anilines is 2. The van der Waals surface area contributed by atoms with E-state index in [1.165, 1.54) is 18.2 Å². The number of carbonyl (C=O) groups excluding carboxylic acids is 1. The molecule has 1 amide bonds. The number of fused-ring (bicyclic) bond motifs is 1. The fourth-order valence-electron chi connectivity index (χ4n) is 2.82. The number of hydrogen-bond donors (Lipinski definition) is 3. The molecule has 1 atom stereocenters. The Morgan fingerprint density at radius 1 is 1.32 bits per heavy atom. The molecule has 0 radical (unpaired) electrons. The van der Waals surface area contributed by atoms with E-state index in [1.807, 2.05) is 0 Å². The number of nitrogens with one attached hydrogen (secondary N) is 2. The number of ether oxygens (including phenoxy) is 1. The summed E-state index contributed by atoms with van der Waals surface area (Å²) in [6.07, 6.45) is -3.27. The number of hydrogen-bond acceptors (Lipinski definition) is 4. The number of alkyl halides is 3. The summed E-state index contributed by atoms with van der Waals surface area (Å²) in [6, 6.07) is 9.39. The summed E-state index contributed by atoms with van der Waals surface area (Å²) in [4.78, 5) is 12.5. The summed E-state index contributed by atoms with van der Waals surface area (Å²) in [5.41, 5.74) is 2.52. The van der Waals surface area contributed by atoms with Crippen molar-refractivity contribution in [3.8, 4) is 5.75 Å². The summed E-state index contributed by atoms with van der Waals surface area (Å²) in [7, 11) is 0. The first-order valence-electron chi connectivity index (χ1n) is 8.57. The van der Waals surface area contributed by atoms with E-state index in [4.69, 9.17) is 4.74 Å². The van der Waals surface area contributed by atoms with Gasteiger partial charge in [-0.2, -0.15) is 13.2 Å². The SMILES string of the molecule is Cc1cc(/C=C/C(F)(F)F)ccc1C(=O)Nc1ccc2c(c1)OC[C@H](CO)N2. The van der Waals surface area contributed by atoms with Crippen molar-refractivity contribution in [3.63, 3.8) is 0 Å². The third-order valence-electron chi connectivity index (χ3n) is 4.22. The van der Waals surface area contributed by atoms with Crippen molar-refractivity contribution in [1.29, 1.82) is 0 Å². The topological polar surface area (TPSA) is 70.6 Å². The van der Waals surface area contributed by atoms with E-state index in [0.717, 1.165) is 11.8 Å². The van der Waals surface area contributed by atoms with Crippen molar-refractivity contribution in [2.24, 2.45) is 0 Å². The predicted molar refractivity (Wildman–Crippen MR) is 101 cm³/mol. The lowest BCUT2D eigenvalue weighted by atomic mass is 10.0. The van der Waals surface area contributed by atoms with Gasteiger partial charge < -0.3 is 20.5 Å². The number of benzene rings is 2. The number of allylic oxidation sites excluding steroid dienone is 1. The Balaban J connectivity index is 1.72. The van der Waals surface area contributed by atoms with E-state index in [0.29, 0.717) is 34.7 Å². The van der Waals surface area contributed by atoms with Gasteiger partial charge in [-0.3, -0.25) is 4.79 Å². The van der Waals surface area contributed by atoms with Crippen LogP contribution < -0.4 is 15.4 Å². The zero-order chi connectivity index (χ0) is 20.3. The second kappa shape index (κ2) is 7.93. The zero-order valence-corrected chi connectivity index (χ0v) is 15.0. The van der Waals surface area contributed by atoms with E-state index >= 15 is 0 Å². The minimum Gasteiger partial charge on any atom is -0.489 e. The largest absolute Gasteiger partial charge is 0.489 e. The van der Waals surface area contributed by atoms with Crippen LogP contribution in [0.15, 0.2) is 42.5 Å². The average Bonchev–Trinajstić information content (AvgIpc) is 2.65. The van der Waals surface area contributed by atoms with Crippen molar-refractivity contribution in [2.45, 2.75) is 19.1 Å². The number of aryl methyl sites for hydroxylation is 1. The Morgan fingerprint density at radius 2 is 2.11 bits per heavy atom. The van der Waals surface area contributed by atoms with E-state index in [-0.39, 0.29) is 24.6 Å². The molecule has 28 heavy (non-hydrogen) atoms. The fourth-order valence-corrected chi connectivity index (χ4v) is 2.82. The number of aliphatic hydroxyl groups excluding tert-OH is 1. The molecule has 0 aromatic heterocycles. The van der Waals surface area contributed by atoms with Gasteiger partial charge in [0.05, 0.1) is 18.3 Å². The Kier molecular flexibility index (Phi) is 5.60. The monoisotopic (exact) mass is 392 g/mol. The molecule has 3 rings (SSSR count). The third-order valence-corrected chi connectivity index (χ3v) is 4.22. The van der Waals surface area contributed by atoms with Crippen LogP contribution in [0.1, 0.15) is 21.5 Å². The van der Waals surface area contributed by atoms with Gasteiger partial charge >= 0.3 is 6.18 Å². The summed E-state index contributed by atoms with van der Waals surface area (Å²) in [5, 5.41) is 15.1. The van der Waals surface area contributed by atoms with Crippen LogP contribution in [0.4, 0.5) is 24.5 Å². The zero-order valence-electron chi connectivity index (χ0n) is 15.0. The van der Waals surface area contributed by atoms with Crippen LogP contribution in [-0.4, -0.2) is 36.4 Å². The summed E-state index contributed by atoms with van der Waals surface area (Å²) in [5.74, 6) is 0.188. The molecule has 2 aromatic rings. The van der Waals surface area contributed by atoms with E-state index in [2.05, 4.69) is 10.6 Å². The average molecular weight is 392 g/mol. The molecular formula is C20H19F3N2O3. The van der Waals surface area contributed by atoms with Crippen molar-refractivity contribution in [1.82, 2.24) is 0 Å². The van der Waals surface area contributed by atoms with Crippen LogP contribution in [0.5, 0.6) is 5.75 Å². The first kappa shape index (κ1) is 19.8. The normalized spacial score (nSPS) is 16.2. The maximum Gasteiger partial charge on any atom is 0.409 e. The molecule has 0 unspecified atom stereocenters. The second-order valence-electron chi connectivity index (χ2n) is 6.45. The van der Waals surface area contributed by atoms with Gasteiger partial charge in [0.15, 0.2) is 0 Å². The number of amides is 1. The third kappa shape index (κ3) is 4.83. The van der Waals surface area contributed by atoms with E-state index in [9.17, 15) is 23.1 Å². The Hall–Kier alpha value is -3.00. The molecule has 0 saturated carbocycles. The van der Waals surface area contributed by atoms with Gasteiger partial charge in [-0.1, -0.05) is 18.2 Å². The molecule has 148 valence electrons. The van der Waals surface area contributed by atoms with Crippen molar-refractivity contribution >= 4 is 23.4 Å². The number of aliphatic hydroxyl groups is 1. The molecule has 1 aliphatic heterocycles. The first-order chi connectivity index (χ1) is 13.2. The molecule has 5 nitrogen and oxygen atoms in total. The van der Waals surface area contributed by atoms with E-state index in [1.54, 1.807) is 25.1 Å². The van der Waals surface area contributed by atoms with Gasteiger partial charge in [-0.15, -0.1) is 0 Å². The first-order valence-corrected chi connectivity index (χ1v) is 8.57. The number of halogens is 3. The molecule has 0 bridgehead atoms. The quantitative estimate of drug-likeness (QED) is 0.736. The lowest BCUT2D eigenvalue weighted by Gasteiger charge is -2.26. The molecule has 1 heterocycles. The predicted octanol–water partition coefficient (Wildman–Crippen LogP) is 3.99. The summed E-state index contributed by atoms with van der Waals surface area (Å²) >= 11 is 0. The molecule has 0 fully saturated rings. The highest BCUT2D eigenvalue weighted by molar-refractivity contribution is 6.05. The van der Waals surface area contributed by atoms with Crippen LogP contribution in [0.25, 0.3) is 6.08 Å². The minimum atomic E-state index is -4.38. The highest BCUT2D eigenvalue weighted by Crippen LogP contribution is 2.32. The lowest BCUT2D eigenvalue weighted by Crippen LogP contribution is -2.34. The molecule has 0 saturated heterocycles. The van der Waals surface area contributed by atoms with Gasteiger partial charge in [-0.05, 0) is 36.2 Å². The lowest BCUT2D eigenvalue weighted by molar-refractivity contribution is -0.0790. The molecule has 8 heteroatoms. The maximum atomic E-state index is 12.5. The molecule has 2 aromatic carbocycles. The summed E-state index contributed by atoms with van der Waals surface area (Å²) < 4.78 is 42.4. The van der Waals surface area contributed by atoms with Gasteiger partial charge in [0.2, 0.25) is 0 Å². The van der Waals surface area contributed by atoms with Gasteiger partial charge in [0.1, 0.15) is 12.4 Å².